The molecule has 0 unspecified atom stereocenters. The lowest BCUT2D eigenvalue weighted by Crippen LogP contribution is -1.94. The number of benzene rings is 1. The van der Waals surface area contributed by atoms with E-state index in [4.69, 9.17) is 5.73 Å². The smallest absolute Gasteiger partial charge is 0.240 e. The lowest BCUT2D eigenvalue weighted by Gasteiger charge is -1.99. The molecule has 4 nitrogen and oxygen atoms in total. The van der Waals surface area contributed by atoms with Crippen molar-refractivity contribution in [1.82, 2.24) is 14.8 Å². The van der Waals surface area contributed by atoms with E-state index in [0.717, 1.165) is 15.9 Å². The molecule has 5 heteroatoms. The van der Waals surface area contributed by atoms with Gasteiger partial charge in [0.25, 0.3) is 0 Å². The van der Waals surface area contributed by atoms with E-state index in [1.54, 1.807) is 4.68 Å². The number of nitrogens with two attached hydrogens (primary N) is 1. The van der Waals surface area contributed by atoms with Crippen LogP contribution < -0.4 is 5.73 Å². The van der Waals surface area contributed by atoms with E-state index < -0.39 is 0 Å². The van der Waals surface area contributed by atoms with Gasteiger partial charge < -0.3 is 5.73 Å². The van der Waals surface area contributed by atoms with Gasteiger partial charge in [0, 0.05) is 17.1 Å². The zero-order valence-electron chi connectivity index (χ0n) is 7.61. The quantitative estimate of drug-likeness (QED) is 0.843. The topological polar surface area (TPSA) is 56.7 Å². The molecule has 72 valence electrons. The number of rotatable bonds is 1. The summed E-state index contributed by atoms with van der Waals surface area (Å²) in [5.74, 6) is 1.06. The molecule has 0 aliphatic carbocycles. The Balaban J connectivity index is 2.54. The Hall–Kier alpha value is -1.36. The van der Waals surface area contributed by atoms with E-state index in [1.807, 2.05) is 31.3 Å². The third-order valence-corrected chi connectivity index (χ3v) is 2.36. The second-order valence-electron chi connectivity index (χ2n) is 2.93. The van der Waals surface area contributed by atoms with Gasteiger partial charge in [-0.2, -0.15) is 4.98 Å². The Morgan fingerprint density at radius 3 is 2.79 bits per heavy atom. The van der Waals surface area contributed by atoms with Crippen LogP contribution in [0.2, 0.25) is 0 Å². The summed E-state index contributed by atoms with van der Waals surface area (Å²) in [5, 5.41) is 3.99. The lowest BCUT2D eigenvalue weighted by atomic mass is 10.2. The van der Waals surface area contributed by atoms with Gasteiger partial charge in [-0.05, 0) is 12.1 Å². The molecule has 0 atom stereocenters. The highest BCUT2D eigenvalue weighted by atomic mass is 79.9. The number of nitrogen functional groups attached to an aromatic ring is 1. The van der Waals surface area contributed by atoms with Gasteiger partial charge >= 0.3 is 0 Å². The van der Waals surface area contributed by atoms with Crippen LogP contribution in [0, 0.1) is 0 Å². The van der Waals surface area contributed by atoms with E-state index in [-0.39, 0.29) is 0 Å². The molecule has 2 N–H and O–H groups in total. The summed E-state index contributed by atoms with van der Waals surface area (Å²) in [4.78, 5) is 4.13. The molecule has 1 aromatic carbocycles. The molecular weight excluding hydrogens is 244 g/mol. The zero-order chi connectivity index (χ0) is 10.1. The van der Waals surface area contributed by atoms with Gasteiger partial charge in [-0.1, -0.05) is 28.1 Å². The first-order valence-electron chi connectivity index (χ1n) is 4.09. The van der Waals surface area contributed by atoms with Crippen LogP contribution in [0.5, 0.6) is 0 Å². The third kappa shape index (κ3) is 1.63. The highest BCUT2D eigenvalue weighted by Gasteiger charge is 2.06. The predicted molar refractivity (Wildman–Crippen MR) is 58.6 cm³/mol. The Kier molecular flexibility index (Phi) is 2.25. The largest absolute Gasteiger partial charge is 0.366 e. The van der Waals surface area contributed by atoms with Crippen LogP contribution in [0.15, 0.2) is 28.7 Å². The fourth-order valence-corrected chi connectivity index (χ4v) is 1.68. The molecule has 14 heavy (non-hydrogen) atoms. The molecule has 0 fully saturated rings. The van der Waals surface area contributed by atoms with E-state index in [1.165, 1.54) is 0 Å². The van der Waals surface area contributed by atoms with Crippen molar-refractivity contribution in [2.45, 2.75) is 0 Å². The molecule has 2 rings (SSSR count). The molecule has 0 saturated heterocycles. The summed E-state index contributed by atoms with van der Waals surface area (Å²) in [5.41, 5.74) is 6.49. The summed E-state index contributed by atoms with van der Waals surface area (Å²) in [7, 11) is 1.82. The molecule has 0 spiro atoms. The van der Waals surface area contributed by atoms with Crippen LogP contribution in [-0.2, 0) is 7.05 Å². The first-order chi connectivity index (χ1) is 6.66. The van der Waals surface area contributed by atoms with Crippen molar-refractivity contribution in [3.63, 3.8) is 0 Å². The molecule has 0 aliphatic heterocycles. The van der Waals surface area contributed by atoms with Gasteiger partial charge in [0.15, 0.2) is 5.82 Å². The fourth-order valence-electron chi connectivity index (χ4n) is 1.28. The minimum atomic E-state index is 0.294. The van der Waals surface area contributed by atoms with Crippen molar-refractivity contribution in [1.29, 1.82) is 0 Å². The normalized spacial score (nSPS) is 10.4. The van der Waals surface area contributed by atoms with Gasteiger partial charge in [0.2, 0.25) is 5.95 Å². The average molecular weight is 253 g/mol. The minimum absolute atomic E-state index is 0.294. The highest BCUT2D eigenvalue weighted by Crippen LogP contribution is 2.21. The second kappa shape index (κ2) is 3.42. The summed E-state index contributed by atoms with van der Waals surface area (Å²) in [6.07, 6.45) is 0. The molecule has 0 bridgehead atoms. The number of anilines is 1. The van der Waals surface area contributed by atoms with Gasteiger partial charge in [0.05, 0.1) is 0 Å². The first-order valence-corrected chi connectivity index (χ1v) is 4.88. The maximum Gasteiger partial charge on any atom is 0.240 e. The number of hydrogen-bond acceptors (Lipinski definition) is 3. The van der Waals surface area contributed by atoms with Gasteiger partial charge in [-0.15, -0.1) is 5.10 Å². The van der Waals surface area contributed by atoms with Crippen molar-refractivity contribution in [3.8, 4) is 11.4 Å². The molecule has 0 saturated carbocycles. The molecule has 1 heterocycles. The van der Waals surface area contributed by atoms with Crippen molar-refractivity contribution >= 4 is 21.9 Å². The average Bonchev–Trinajstić information content (AvgIpc) is 2.45. The zero-order valence-corrected chi connectivity index (χ0v) is 9.19. The van der Waals surface area contributed by atoms with Crippen LogP contribution in [0.3, 0.4) is 0 Å². The first kappa shape index (κ1) is 9.21. The van der Waals surface area contributed by atoms with E-state index in [9.17, 15) is 0 Å². The Labute approximate surface area is 89.9 Å². The fraction of sp³-hybridized carbons (Fsp3) is 0.111. The van der Waals surface area contributed by atoms with Gasteiger partial charge in [-0.3, -0.25) is 0 Å². The maximum atomic E-state index is 5.50. The number of hydrogen-bond donors (Lipinski definition) is 1. The van der Waals surface area contributed by atoms with Crippen LogP contribution in [-0.4, -0.2) is 14.8 Å². The Morgan fingerprint density at radius 1 is 1.43 bits per heavy atom. The number of aromatic nitrogens is 3. The molecule has 0 radical (unpaired) electrons. The van der Waals surface area contributed by atoms with Crippen molar-refractivity contribution in [2.75, 3.05) is 5.73 Å². The minimum Gasteiger partial charge on any atom is -0.366 e. The van der Waals surface area contributed by atoms with Gasteiger partial charge in [0.1, 0.15) is 0 Å². The summed E-state index contributed by atoms with van der Waals surface area (Å²) in [6.45, 7) is 0. The number of aryl methyl sites for hydroxylation is 1. The van der Waals surface area contributed by atoms with Crippen molar-refractivity contribution in [2.24, 2.45) is 7.05 Å². The summed E-state index contributed by atoms with van der Waals surface area (Å²) in [6, 6.07) is 7.85. The molecule has 0 amide bonds. The number of nitrogens with zero attached hydrogens (tertiary/aromatic N) is 3. The second-order valence-corrected chi connectivity index (χ2v) is 3.84. The number of halogens is 1. The van der Waals surface area contributed by atoms with Crippen molar-refractivity contribution < 1.29 is 0 Å². The predicted octanol–water partition coefficient (Wildman–Crippen LogP) is 1.83. The maximum absolute atomic E-state index is 5.50. The Bertz CT molecular complexity index is 464. The van der Waals surface area contributed by atoms with Crippen LogP contribution in [0.4, 0.5) is 5.95 Å². The van der Waals surface area contributed by atoms with E-state index in [2.05, 4.69) is 26.0 Å². The standard InChI is InChI=1S/C9H9BrN4/c1-14-8(12-9(11)13-14)6-3-2-4-7(10)5-6/h2-5H,1H3,(H2,11,13). The molecule has 1 aromatic heterocycles. The van der Waals surface area contributed by atoms with Crippen LogP contribution in [0.1, 0.15) is 0 Å². The lowest BCUT2D eigenvalue weighted by molar-refractivity contribution is 0.778. The van der Waals surface area contributed by atoms with Crippen LogP contribution in [0.25, 0.3) is 11.4 Å². The van der Waals surface area contributed by atoms with Crippen molar-refractivity contribution in [3.05, 3.63) is 28.7 Å². The van der Waals surface area contributed by atoms with Crippen LogP contribution >= 0.6 is 15.9 Å². The Morgan fingerprint density at radius 2 is 2.21 bits per heavy atom. The highest BCUT2D eigenvalue weighted by molar-refractivity contribution is 9.10. The monoisotopic (exact) mass is 252 g/mol. The SMILES string of the molecule is Cn1nc(N)nc1-c1cccc(Br)c1. The third-order valence-electron chi connectivity index (χ3n) is 1.86. The summed E-state index contributed by atoms with van der Waals surface area (Å²) >= 11 is 3.40. The molecular formula is C9H9BrN4. The van der Waals surface area contributed by atoms with E-state index in [0.29, 0.717) is 5.95 Å². The molecule has 0 aliphatic rings. The molecule has 2 aromatic rings. The van der Waals surface area contributed by atoms with E-state index >= 15 is 0 Å². The van der Waals surface area contributed by atoms with Gasteiger partial charge in [-0.25, -0.2) is 4.68 Å². The summed E-state index contributed by atoms with van der Waals surface area (Å²) < 4.78 is 2.67.